The lowest BCUT2D eigenvalue weighted by Crippen LogP contribution is -2.43. The molecule has 3 rings (SSSR count). The van der Waals surface area contributed by atoms with Gasteiger partial charge in [-0.1, -0.05) is 56.3 Å². The number of halogens is 2. The van der Waals surface area contributed by atoms with Gasteiger partial charge in [-0.3, -0.25) is 4.79 Å². The molecule has 1 amide bonds. The highest BCUT2D eigenvalue weighted by atomic mass is 32.1. The van der Waals surface area contributed by atoms with Gasteiger partial charge in [0.05, 0.1) is 6.04 Å². The Morgan fingerprint density at radius 2 is 2.00 bits per heavy atom. The van der Waals surface area contributed by atoms with E-state index >= 15 is 0 Å². The van der Waals surface area contributed by atoms with Crippen molar-refractivity contribution in [3.8, 4) is 0 Å². The van der Waals surface area contributed by atoms with Gasteiger partial charge in [0.25, 0.3) is 0 Å². The van der Waals surface area contributed by atoms with Gasteiger partial charge < -0.3 is 15.1 Å². The minimum absolute atomic E-state index is 0.0366. The number of alkyl halides is 2. The average molecular weight is 492 g/mol. The third kappa shape index (κ3) is 6.10. The Labute approximate surface area is 202 Å². The minimum atomic E-state index is -3.43. The summed E-state index contributed by atoms with van der Waals surface area (Å²) in [4.78, 5) is 27.1. The number of hydrogen-bond acceptors (Lipinski definition) is 4. The van der Waals surface area contributed by atoms with Crippen LogP contribution in [-0.4, -0.2) is 45.7 Å². The molecule has 2 N–H and O–H groups in total. The number of piperidine rings is 1. The molecule has 2 atom stereocenters. The molecule has 0 saturated carbocycles. The van der Waals surface area contributed by atoms with Crippen LogP contribution in [0, 0.1) is 0 Å². The van der Waals surface area contributed by atoms with Crippen molar-refractivity contribution >= 4 is 23.2 Å². The highest BCUT2D eigenvalue weighted by Crippen LogP contribution is 2.33. The number of hydrogen-bond donors (Lipinski definition) is 2. The predicted molar refractivity (Wildman–Crippen MR) is 129 cm³/mol. The van der Waals surface area contributed by atoms with E-state index in [1.807, 2.05) is 19.9 Å². The number of benzene rings is 1. The van der Waals surface area contributed by atoms with Crippen molar-refractivity contribution in [2.45, 2.75) is 69.9 Å². The number of carbonyl (C=O) groups is 2. The topological polar surface area (TPSA) is 77.8 Å². The fraction of sp³-hybridized carbons (Fsp3) is 0.462. The lowest BCUT2D eigenvalue weighted by atomic mass is 9.98. The van der Waals surface area contributed by atoms with Crippen LogP contribution < -0.4 is 0 Å². The van der Waals surface area contributed by atoms with Gasteiger partial charge in [-0.05, 0) is 43.2 Å². The molecule has 34 heavy (non-hydrogen) atoms. The van der Waals surface area contributed by atoms with Crippen LogP contribution in [0.3, 0.4) is 0 Å². The summed E-state index contributed by atoms with van der Waals surface area (Å²) in [5.41, 5.74) is 0.553. The van der Waals surface area contributed by atoms with Crippen LogP contribution in [0.25, 0.3) is 0 Å². The number of aryl methyl sites for hydroxylation is 1. The predicted octanol–water partition coefficient (Wildman–Crippen LogP) is 5.59. The van der Waals surface area contributed by atoms with Gasteiger partial charge in [-0.2, -0.15) is 8.78 Å². The van der Waals surface area contributed by atoms with Gasteiger partial charge in [0, 0.05) is 23.4 Å². The van der Waals surface area contributed by atoms with E-state index in [9.17, 15) is 28.6 Å². The zero-order valence-electron chi connectivity index (χ0n) is 19.4. The molecular weight excluding hydrogens is 460 g/mol. The molecule has 1 aliphatic heterocycles. The van der Waals surface area contributed by atoms with E-state index in [0.717, 1.165) is 16.5 Å². The van der Waals surface area contributed by atoms with Crippen LogP contribution in [-0.2, 0) is 17.1 Å². The Kier molecular flexibility index (Phi) is 8.60. The van der Waals surface area contributed by atoms with Gasteiger partial charge >= 0.3 is 11.9 Å². The van der Waals surface area contributed by atoms with Crippen LogP contribution >= 0.6 is 11.3 Å². The van der Waals surface area contributed by atoms with E-state index in [0.29, 0.717) is 43.5 Å². The molecule has 1 aromatic carbocycles. The fourth-order valence-electron chi connectivity index (χ4n) is 4.22. The van der Waals surface area contributed by atoms with Gasteiger partial charge in [-0.25, -0.2) is 4.79 Å². The average Bonchev–Trinajstić information content (AvgIpc) is 3.24. The number of aromatic carboxylic acids is 1. The Balaban J connectivity index is 1.65. The van der Waals surface area contributed by atoms with Crippen LogP contribution in [0.1, 0.15) is 71.1 Å². The van der Waals surface area contributed by atoms with Gasteiger partial charge in [-0.15, -0.1) is 11.3 Å². The second-order valence-electron chi connectivity index (χ2n) is 8.93. The number of nitrogens with zero attached hydrogens (tertiary/aromatic N) is 1. The molecule has 5 nitrogen and oxygen atoms in total. The second-order valence-corrected chi connectivity index (χ2v) is 10.1. The van der Waals surface area contributed by atoms with Crippen LogP contribution in [0.5, 0.6) is 0 Å². The Morgan fingerprint density at radius 3 is 2.62 bits per heavy atom. The van der Waals surface area contributed by atoms with E-state index in [2.05, 4.69) is 0 Å². The Morgan fingerprint density at radius 1 is 1.29 bits per heavy atom. The first-order chi connectivity index (χ1) is 16.1. The van der Waals surface area contributed by atoms with E-state index in [-0.39, 0.29) is 23.4 Å². The molecule has 0 spiro atoms. The van der Waals surface area contributed by atoms with Crippen molar-refractivity contribution < 1.29 is 28.6 Å². The SMILES string of the molecule is CC(C)c1cc(CCCN2C(=O)CCC[C@@H]2/C=C/[C@@H](O)C(F)(F)c2ccccc2)sc1C(=O)O. The maximum Gasteiger partial charge on any atom is 0.346 e. The largest absolute Gasteiger partial charge is 0.477 e. The molecule has 8 heteroatoms. The minimum Gasteiger partial charge on any atom is -0.477 e. The quantitative estimate of drug-likeness (QED) is 0.425. The Bertz CT molecular complexity index is 1020. The number of aliphatic hydroxyl groups is 1. The summed E-state index contributed by atoms with van der Waals surface area (Å²) in [5.74, 6) is -4.29. The molecule has 1 aliphatic rings. The monoisotopic (exact) mass is 491 g/mol. The van der Waals surface area contributed by atoms with Crippen molar-refractivity contribution in [3.05, 3.63) is 69.4 Å². The summed E-state index contributed by atoms with van der Waals surface area (Å²) < 4.78 is 29.2. The summed E-state index contributed by atoms with van der Waals surface area (Å²) in [5, 5.41) is 19.6. The Hall–Kier alpha value is -2.58. The lowest BCUT2D eigenvalue weighted by molar-refractivity contribution is -0.135. The number of carbonyl (C=O) groups excluding carboxylic acids is 1. The first-order valence-corrected chi connectivity index (χ1v) is 12.4. The number of rotatable bonds is 10. The second kappa shape index (κ2) is 11.2. The highest BCUT2D eigenvalue weighted by molar-refractivity contribution is 7.14. The summed E-state index contributed by atoms with van der Waals surface area (Å²) in [6.07, 6.45) is 3.60. The maximum absolute atomic E-state index is 14.6. The molecule has 1 saturated heterocycles. The summed E-state index contributed by atoms with van der Waals surface area (Å²) >= 11 is 1.27. The zero-order chi connectivity index (χ0) is 24.9. The lowest BCUT2D eigenvalue weighted by Gasteiger charge is -2.34. The number of amides is 1. The van der Waals surface area contributed by atoms with Crippen molar-refractivity contribution in [3.63, 3.8) is 0 Å². The van der Waals surface area contributed by atoms with E-state index < -0.39 is 18.0 Å². The standard InChI is InChI=1S/C26H31F2NO4S/c1-17(2)21-16-20(34-24(21)25(32)33)11-7-15-29-19(10-6-12-23(29)31)13-14-22(30)26(27,28)18-8-4-3-5-9-18/h3-5,8-9,13-14,16-17,19,22,30H,6-7,10-12,15H2,1-2H3,(H,32,33)/b14-13+/t19-,22-/m1/s1. The molecule has 184 valence electrons. The molecular formula is C26H31F2NO4S. The molecule has 0 bridgehead atoms. The molecule has 0 unspecified atom stereocenters. The van der Waals surface area contributed by atoms with Crippen LogP contribution in [0.2, 0.25) is 0 Å². The normalized spacial score (nSPS) is 18.1. The van der Waals surface area contributed by atoms with Gasteiger partial charge in [0.15, 0.2) is 0 Å². The van der Waals surface area contributed by atoms with Crippen molar-refractivity contribution in [1.82, 2.24) is 4.90 Å². The van der Waals surface area contributed by atoms with E-state index in [1.54, 1.807) is 11.0 Å². The molecule has 0 aliphatic carbocycles. The van der Waals surface area contributed by atoms with Gasteiger partial charge in [0.2, 0.25) is 5.91 Å². The molecule has 0 radical (unpaired) electrons. The van der Waals surface area contributed by atoms with Crippen LogP contribution in [0.15, 0.2) is 48.6 Å². The number of aliphatic hydroxyl groups excluding tert-OH is 1. The highest BCUT2D eigenvalue weighted by Gasteiger charge is 2.39. The maximum atomic E-state index is 14.6. The third-order valence-electron chi connectivity index (χ3n) is 6.11. The first kappa shape index (κ1) is 26.0. The number of carboxylic acid groups (broad SMARTS) is 1. The number of carboxylic acids is 1. The smallest absolute Gasteiger partial charge is 0.346 e. The third-order valence-corrected chi connectivity index (χ3v) is 7.31. The number of likely N-dealkylation sites (tertiary alicyclic amines) is 1. The van der Waals surface area contributed by atoms with Crippen molar-refractivity contribution in [2.75, 3.05) is 6.54 Å². The van der Waals surface area contributed by atoms with Crippen LogP contribution in [0.4, 0.5) is 8.78 Å². The number of thiophene rings is 1. The van der Waals surface area contributed by atoms with E-state index in [4.69, 9.17) is 0 Å². The van der Waals surface area contributed by atoms with E-state index in [1.165, 1.54) is 41.7 Å². The zero-order valence-corrected chi connectivity index (χ0v) is 20.2. The molecule has 1 fully saturated rings. The summed E-state index contributed by atoms with van der Waals surface area (Å²) in [6.45, 7) is 4.35. The molecule has 1 aromatic heterocycles. The first-order valence-electron chi connectivity index (χ1n) is 11.6. The fourth-order valence-corrected chi connectivity index (χ4v) is 5.42. The van der Waals surface area contributed by atoms with Gasteiger partial charge in [0.1, 0.15) is 11.0 Å². The summed E-state index contributed by atoms with van der Waals surface area (Å²) in [7, 11) is 0. The summed E-state index contributed by atoms with van der Waals surface area (Å²) in [6, 6.07) is 8.76. The van der Waals surface area contributed by atoms with Crippen molar-refractivity contribution in [1.29, 1.82) is 0 Å². The molecule has 2 aromatic rings. The molecule has 2 heterocycles. The van der Waals surface area contributed by atoms with Crippen molar-refractivity contribution in [2.24, 2.45) is 0 Å².